The summed E-state index contributed by atoms with van der Waals surface area (Å²) in [6, 6.07) is 0. The zero-order valence-electron chi connectivity index (χ0n) is 10.7. The Morgan fingerprint density at radius 2 is 1.94 bits per heavy atom. The van der Waals surface area contributed by atoms with Crippen LogP contribution in [-0.4, -0.2) is 15.3 Å². The van der Waals surface area contributed by atoms with E-state index in [0.717, 1.165) is 6.54 Å². The number of hydrogen-bond acceptors (Lipinski definition) is 2. The summed E-state index contributed by atoms with van der Waals surface area (Å²) in [5.74, 6) is 0.917. The molecule has 1 aromatic rings. The predicted octanol–water partition coefficient (Wildman–Crippen LogP) is 2.77. The lowest BCUT2D eigenvalue weighted by molar-refractivity contribution is 0.0930. The van der Waals surface area contributed by atoms with Crippen LogP contribution in [0.25, 0.3) is 0 Å². The molecule has 88 valence electrons. The highest BCUT2D eigenvalue weighted by atomic mass is 16.1. The minimum Gasteiger partial charge on any atom is -0.329 e. The number of nitrogens with zero attached hydrogens (tertiary/aromatic N) is 2. The first kappa shape index (κ1) is 11.4. The highest BCUT2D eigenvalue weighted by Gasteiger charge is 2.68. The topological polar surface area (TPSA) is 34.9 Å². The molecule has 1 aliphatic rings. The van der Waals surface area contributed by atoms with Gasteiger partial charge < -0.3 is 4.57 Å². The van der Waals surface area contributed by atoms with Crippen LogP contribution in [0.3, 0.4) is 0 Å². The SMILES string of the molecule is CCn1ccnc1C(=O)C1C(C)(C)C1(C)C. The van der Waals surface area contributed by atoms with Crippen molar-refractivity contribution in [2.75, 3.05) is 0 Å². The van der Waals surface area contributed by atoms with Gasteiger partial charge in [0.05, 0.1) is 0 Å². The summed E-state index contributed by atoms with van der Waals surface area (Å²) >= 11 is 0. The van der Waals surface area contributed by atoms with Gasteiger partial charge >= 0.3 is 0 Å². The van der Waals surface area contributed by atoms with Crippen LogP contribution in [0.2, 0.25) is 0 Å². The molecule has 1 aromatic heterocycles. The third-order valence-corrected chi connectivity index (χ3v) is 4.56. The summed E-state index contributed by atoms with van der Waals surface area (Å²) in [7, 11) is 0. The van der Waals surface area contributed by atoms with Gasteiger partial charge in [-0.2, -0.15) is 0 Å². The first-order chi connectivity index (χ1) is 7.34. The second kappa shape index (κ2) is 3.19. The second-order valence-electron chi connectivity index (χ2n) is 5.78. The molecule has 0 unspecified atom stereocenters. The van der Waals surface area contributed by atoms with Gasteiger partial charge in [-0.3, -0.25) is 4.79 Å². The summed E-state index contributed by atoms with van der Waals surface area (Å²) in [5, 5.41) is 0. The summed E-state index contributed by atoms with van der Waals surface area (Å²) in [6.07, 6.45) is 3.58. The normalized spacial score (nSPS) is 22.1. The molecule has 0 aliphatic heterocycles. The standard InChI is InChI=1S/C13H20N2O/c1-6-15-8-7-14-11(15)9(16)10-12(2,3)13(10,4)5/h7-8,10H,6H2,1-5H3. The van der Waals surface area contributed by atoms with Crippen LogP contribution >= 0.6 is 0 Å². The molecule has 1 heterocycles. The van der Waals surface area contributed by atoms with E-state index in [0.29, 0.717) is 5.82 Å². The Morgan fingerprint density at radius 1 is 1.38 bits per heavy atom. The molecule has 2 rings (SSSR count). The number of aryl methyl sites for hydroxylation is 1. The van der Waals surface area contributed by atoms with Crippen molar-refractivity contribution in [2.24, 2.45) is 16.7 Å². The number of carbonyl (C=O) groups excluding carboxylic acids is 1. The number of carbonyl (C=O) groups is 1. The van der Waals surface area contributed by atoms with E-state index in [4.69, 9.17) is 0 Å². The molecule has 16 heavy (non-hydrogen) atoms. The molecule has 0 saturated heterocycles. The highest BCUT2D eigenvalue weighted by molar-refractivity contribution is 5.98. The van der Waals surface area contributed by atoms with Crippen molar-refractivity contribution in [3.8, 4) is 0 Å². The van der Waals surface area contributed by atoms with Crippen LogP contribution in [-0.2, 0) is 6.54 Å². The smallest absolute Gasteiger partial charge is 0.202 e. The number of ketones is 1. The third kappa shape index (κ3) is 1.27. The molecule has 0 N–H and O–H groups in total. The van der Waals surface area contributed by atoms with Crippen molar-refractivity contribution in [1.82, 2.24) is 9.55 Å². The van der Waals surface area contributed by atoms with Crippen molar-refractivity contribution in [3.63, 3.8) is 0 Å². The molecule has 1 aliphatic carbocycles. The van der Waals surface area contributed by atoms with E-state index in [1.165, 1.54) is 0 Å². The van der Waals surface area contributed by atoms with Crippen LogP contribution in [0.15, 0.2) is 12.4 Å². The van der Waals surface area contributed by atoms with Crippen molar-refractivity contribution >= 4 is 5.78 Å². The Kier molecular flexibility index (Phi) is 2.26. The lowest BCUT2D eigenvalue weighted by Crippen LogP contribution is -2.14. The maximum Gasteiger partial charge on any atom is 0.202 e. The van der Waals surface area contributed by atoms with Crippen LogP contribution in [0.4, 0.5) is 0 Å². The van der Waals surface area contributed by atoms with Gasteiger partial charge in [0.25, 0.3) is 0 Å². The summed E-state index contributed by atoms with van der Waals surface area (Å²) in [5.41, 5.74) is 0.184. The van der Waals surface area contributed by atoms with Gasteiger partial charge in [-0.1, -0.05) is 27.7 Å². The van der Waals surface area contributed by atoms with Crippen molar-refractivity contribution in [2.45, 2.75) is 41.2 Å². The fourth-order valence-corrected chi connectivity index (χ4v) is 2.77. The van der Waals surface area contributed by atoms with Crippen LogP contribution in [0, 0.1) is 16.7 Å². The lowest BCUT2D eigenvalue weighted by atomic mass is 10.0. The van der Waals surface area contributed by atoms with E-state index >= 15 is 0 Å². The van der Waals surface area contributed by atoms with E-state index in [1.807, 2.05) is 17.7 Å². The number of hydrogen-bond donors (Lipinski definition) is 0. The largest absolute Gasteiger partial charge is 0.329 e. The second-order valence-corrected chi connectivity index (χ2v) is 5.78. The zero-order valence-corrected chi connectivity index (χ0v) is 10.7. The van der Waals surface area contributed by atoms with Gasteiger partial charge in [0.15, 0.2) is 5.82 Å². The van der Waals surface area contributed by atoms with Crippen LogP contribution in [0.5, 0.6) is 0 Å². The van der Waals surface area contributed by atoms with Crippen LogP contribution in [0.1, 0.15) is 45.2 Å². The minimum absolute atomic E-state index is 0.0919. The van der Waals surface area contributed by atoms with E-state index in [2.05, 4.69) is 32.7 Å². The fourth-order valence-electron chi connectivity index (χ4n) is 2.77. The molecule has 0 radical (unpaired) electrons. The van der Waals surface area contributed by atoms with E-state index < -0.39 is 0 Å². The maximum atomic E-state index is 12.4. The summed E-state index contributed by atoms with van der Waals surface area (Å²) in [6.45, 7) is 11.5. The van der Waals surface area contributed by atoms with Gasteiger partial charge in [-0.15, -0.1) is 0 Å². The Morgan fingerprint density at radius 3 is 2.38 bits per heavy atom. The molecule has 3 heteroatoms. The van der Waals surface area contributed by atoms with Crippen molar-refractivity contribution in [1.29, 1.82) is 0 Å². The molecule has 1 fully saturated rings. The Bertz CT molecular complexity index is 415. The molecular formula is C13H20N2O. The van der Waals surface area contributed by atoms with E-state index in [1.54, 1.807) is 6.20 Å². The molecule has 0 amide bonds. The maximum absolute atomic E-state index is 12.4. The molecule has 0 bridgehead atoms. The molecule has 1 saturated carbocycles. The molecule has 0 aromatic carbocycles. The van der Waals surface area contributed by atoms with Crippen molar-refractivity contribution in [3.05, 3.63) is 18.2 Å². The molecule has 0 spiro atoms. The Hall–Kier alpha value is -1.12. The van der Waals surface area contributed by atoms with Gasteiger partial charge in [-0.25, -0.2) is 4.98 Å². The van der Waals surface area contributed by atoms with Crippen molar-refractivity contribution < 1.29 is 4.79 Å². The number of aromatic nitrogens is 2. The number of Topliss-reactive ketones (excluding diaryl/α,β-unsaturated/α-hetero) is 1. The number of rotatable bonds is 3. The van der Waals surface area contributed by atoms with Crippen LogP contribution < -0.4 is 0 Å². The Labute approximate surface area is 96.9 Å². The fraction of sp³-hybridized carbons (Fsp3) is 0.692. The first-order valence-electron chi connectivity index (χ1n) is 5.89. The van der Waals surface area contributed by atoms with Gasteiger partial charge in [0.2, 0.25) is 5.78 Å². The Balaban J connectivity index is 2.29. The first-order valence-corrected chi connectivity index (χ1v) is 5.89. The summed E-state index contributed by atoms with van der Waals surface area (Å²) < 4.78 is 1.92. The third-order valence-electron chi connectivity index (χ3n) is 4.56. The quantitative estimate of drug-likeness (QED) is 0.734. The van der Waals surface area contributed by atoms with E-state index in [9.17, 15) is 4.79 Å². The van der Waals surface area contributed by atoms with Gasteiger partial charge in [0.1, 0.15) is 0 Å². The zero-order chi connectivity index (χ0) is 12.1. The average Bonchev–Trinajstić information content (AvgIpc) is 2.58. The minimum atomic E-state index is 0.0919. The van der Waals surface area contributed by atoms with Gasteiger partial charge in [0, 0.05) is 24.9 Å². The average molecular weight is 220 g/mol. The van der Waals surface area contributed by atoms with E-state index in [-0.39, 0.29) is 22.5 Å². The molecular weight excluding hydrogens is 200 g/mol. The number of imidazole rings is 1. The molecule has 3 nitrogen and oxygen atoms in total. The predicted molar refractivity (Wildman–Crippen MR) is 63.3 cm³/mol. The lowest BCUT2D eigenvalue weighted by Gasteiger charge is -2.04. The summed E-state index contributed by atoms with van der Waals surface area (Å²) in [4.78, 5) is 16.6. The highest BCUT2D eigenvalue weighted by Crippen LogP contribution is 2.69. The molecule has 0 atom stereocenters. The van der Waals surface area contributed by atoms with Gasteiger partial charge in [-0.05, 0) is 17.8 Å². The monoisotopic (exact) mass is 220 g/mol.